The van der Waals surface area contributed by atoms with Crippen LogP contribution in [-0.4, -0.2) is 46.8 Å². The summed E-state index contributed by atoms with van der Waals surface area (Å²) in [6.07, 6.45) is -0.0603. The summed E-state index contributed by atoms with van der Waals surface area (Å²) in [7, 11) is 0. The van der Waals surface area contributed by atoms with Crippen LogP contribution in [0, 0.1) is 5.92 Å². The van der Waals surface area contributed by atoms with E-state index in [1.165, 1.54) is 0 Å². The Kier molecular flexibility index (Phi) is 3.05. The van der Waals surface area contributed by atoms with Gasteiger partial charge in [-0.1, -0.05) is 0 Å². The molecule has 1 aliphatic heterocycles. The first-order valence-corrected chi connectivity index (χ1v) is 4.20. The number of aliphatic hydroxyl groups excluding tert-OH is 2. The van der Waals surface area contributed by atoms with Crippen molar-refractivity contribution >= 4 is 5.91 Å². The minimum absolute atomic E-state index is 0.0370. The zero-order valence-corrected chi connectivity index (χ0v) is 7.23. The molecule has 1 heterocycles. The second-order valence-corrected chi connectivity index (χ2v) is 3.40. The van der Waals surface area contributed by atoms with Crippen molar-refractivity contribution < 1.29 is 15.0 Å². The maximum Gasteiger partial charge on any atom is 0.223 e. The summed E-state index contributed by atoms with van der Waals surface area (Å²) < 4.78 is 0. The summed E-state index contributed by atoms with van der Waals surface area (Å²) in [6.45, 7) is 2.68. The van der Waals surface area contributed by atoms with E-state index in [1.807, 2.05) is 0 Å². The maximum atomic E-state index is 11.2. The molecule has 1 saturated heterocycles. The normalized spacial score (nSPS) is 26.4. The van der Waals surface area contributed by atoms with Gasteiger partial charge in [0.15, 0.2) is 0 Å². The van der Waals surface area contributed by atoms with E-state index in [2.05, 4.69) is 0 Å². The molecular formula is C8H15NO3. The molecule has 1 fully saturated rings. The predicted octanol–water partition coefficient (Wildman–Crippen LogP) is -0.792. The van der Waals surface area contributed by atoms with Gasteiger partial charge in [-0.15, -0.1) is 0 Å². The molecule has 2 N–H and O–H groups in total. The lowest BCUT2D eigenvalue weighted by atomic mass is 10.1. The Labute approximate surface area is 71.8 Å². The van der Waals surface area contributed by atoms with Crippen molar-refractivity contribution in [2.24, 2.45) is 5.92 Å². The van der Waals surface area contributed by atoms with Crippen molar-refractivity contribution in [3.63, 3.8) is 0 Å². The molecule has 4 nitrogen and oxygen atoms in total. The third-order valence-corrected chi connectivity index (χ3v) is 2.04. The molecule has 0 spiro atoms. The molecule has 0 aliphatic carbocycles. The van der Waals surface area contributed by atoms with Gasteiger partial charge in [0.1, 0.15) is 0 Å². The minimum atomic E-state index is -0.480. The molecule has 1 amide bonds. The molecule has 0 radical (unpaired) electrons. The van der Waals surface area contributed by atoms with Gasteiger partial charge >= 0.3 is 0 Å². The molecule has 2 atom stereocenters. The fourth-order valence-electron chi connectivity index (χ4n) is 1.47. The van der Waals surface area contributed by atoms with Gasteiger partial charge in [-0.25, -0.2) is 0 Å². The monoisotopic (exact) mass is 173 g/mol. The largest absolute Gasteiger partial charge is 0.396 e. The summed E-state index contributed by atoms with van der Waals surface area (Å²) in [4.78, 5) is 12.8. The summed E-state index contributed by atoms with van der Waals surface area (Å²) in [5, 5.41) is 17.8. The van der Waals surface area contributed by atoms with Crippen molar-refractivity contribution in [1.29, 1.82) is 0 Å². The quantitative estimate of drug-likeness (QED) is 0.588. The van der Waals surface area contributed by atoms with Crippen LogP contribution in [0.5, 0.6) is 0 Å². The van der Waals surface area contributed by atoms with Crippen LogP contribution < -0.4 is 0 Å². The Morgan fingerprint density at radius 3 is 2.83 bits per heavy atom. The summed E-state index contributed by atoms with van der Waals surface area (Å²) in [5.74, 6) is 0.103. The van der Waals surface area contributed by atoms with Crippen LogP contribution in [0.1, 0.15) is 13.3 Å². The SMILES string of the molecule is CC(O)CN1CC(CO)CC1=O. The zero-order chi connectivity index (χ0) is 9.14. The van der Waals surface area contributed by atoms with Crippen molar-refractivity contribution in [1.82, 2.24) is 4.90 Å². The van der Waals surface area contributed by atoms with Gasteiger partial charge in [0.25, 0.3) is 0 Å². The number of β-amino-alcohol motifs (C(OH)–C–C–N with tert-alkyl or cyclic N) is 1. The van der Waals surface area contributed by atoms with Gasteiger partial charge in [0.2, 0.25) is 5.91 Å². The van der Waals surface area contributed by atoms with Crippen LogP contribution in [0.25, 0.3) is 0 Å². The number of hydrogen-bond donors (Lipinski definition) is 2. The number of aliphatic hydroxyl groups is 2. The molecule has 12 heavy (non-hydrogen) atoms. The van der Waals surface area contributed by atoms with Gasteiger partial charge in [-0.3, -0.25) is 4.79 Å². The van der Waals surface area contributed by atoms with Crippen molar-refractivity contribution in [3.8, 4) is 0 Å². The number of likely N-dealkylation sites (tertiary alicyclic amines) is 1. The predicted molar refractivity (Wildman–Crippen MR) is 43.5 cm³/mol. The number of nitrogens with zero attached hydrogens (tertiary/aromatic N) is 1. The van der Waals surface area contributed by atoms with E-state index in [-0.39, 0.29) is 18.4 Å². The molecule has 2 unspecified atom stereocenters. The van der Waals surface area contributed by atoms with Crippen molar-refractivity contribution in [2.45, 2.75) is 19.4 Å². The molecule has 4 heteroatoms. The average molecular weight is 173 g/mol. The number of hydrogen-bond acceptors (Lipinski definition) is 3. The topological polar surface area (TPSA) is 60.8 Å². The minimum Gasteiger partial charge on any atom is -0.396 e. The van der Waals surface area contributed by atoms with Gasteiger partial charge in [0, 0.05) is 32.0 Å². The van der Waals surface area contributed by atoms with Crippen LogP contribution >= 0.6 is 0 Å². The summed E-state index contributed by atoms with van der Waals surface area (Å²) in [5.41, 5.74) is 0. The van der Waals surface area contributed by atoms with E-state index in [4.69, 9.17) is 10.2 Å². The Morgan fingerprint density at radius 1 is 1.75 bits per heavy atom. The Morgan fingerprint density at radius 2 is 2.42 bits per heavy atom. The highest BCUT2D eigenvalue weighted by atomic mass is 16.3. The molecule has 0 aromatic rings. The third-order valence-electron chi connectivity index (χ3n) is 2.04. The lowest BCUT2D eigenvalue weighted by Crippen LogP contribution is -2.32. The molecule has 0 aromatic carbocycles. The Bertz CT molecular complexity index is 170. The van der Waals surface area contributed by atoms with Crippen LogP contribution in [0.4, 0.5) is 0 Å². The van der Waals surface area contributed by atoms with Crippen molar-refractivity contribution in [3.05, 3.63) is 0 Å². The molecule has 1 aliphatic rings. The van der Waals surface area contributed by atoms with Gasteiger partial charge in [-0.2, -0.15) is 0 Å². The second-order valence-electron chi connectivity index (χ2n) is 3.40. The van der Waals surface area contributed by atoms with Crippen LogP contribution in [0.2, 0.25) is 0 Å². The molecular weight excluding hydrogens is 158 g/mol. The molecule has 0 aromatic heterocycles. The van der Waals surface area contributed by atoms with E-state index in [1.54, 1.807) is 11.8 Å². The molecule has 0 bridgehead atoms. The Hall–Kier alpha value is -0.610. The maximum absolute atomic E-state index is 11.2. The second kappa shape index (κ2) is 3.87. The average Bonchev–Trinajstić information content (AvgIpc) is 2.31. The van der Waals surface area contributed by atoms with Crippen LogP contribution in [0.15, 0.2) is 0 Å². The van der Waals surface area contributed by atoms with E-state index in [9.17, 15) is 4.79 Å². The van der Waals surface area contributed by atoms with E-state index < -0.39 is 6.10 Å². The summed E-state index contributed by atoms with van der Waals surface area (Å²) >= 11 is 0. The fourth-order valence-corrected chi connectivity index (χ4v) is 1.47. The Balaban J connectivity index is 2.41. The number of amides is 1. The highest BCUT2D eigenvalue weighted by molar-refractivity contribution is 5.78. The fraction of sp³-hybridized carbons (Fsp3) is 0.875. The van der Waals surface area contributed by atoms with Crippen molar-refractivity contribution in [2.75, 3.05) is 19.7 Å². The lowest BCUT2D eigenvalue weighted by molar-refractivity contribution is -0.128. The van der Waals surface area contributed by atoms with Gasteiger partial charge in [0.05, 0.1) is 6.10 Å². The number of carbonyl (C=O) groups excluding carboxylic acids is 1. The van der Waals surface area contributed by atoms with Crippen LogP contribution in [-0.2, 0) is 4.79 Å². The molecule has 1 rings (SSSR count). The highest BCUT2D eigenvalue weighted by Crippen LogP contribution is 2.16. The highest BCUT2D eigenvalue weighted by Gasteiger charge is 2.29. The first kappa shape index (κ1) is 9.48. The number of rotatable bonds is 3. The van der Waals surface area contributed by atoms with Gasteiger partial charge < -0.3 is 15.1 Å². The number of carbonyl (C=O) groups is 1. The van der Waals surface area contributed by atoms with E-state index in [0.717, 1.165) is 0 Å². The van der Waals surface area contributed by atoms with Crippen LogP contribution in [0.3, 0.4) is 0 Å². The third kappa shape index (κ3) is 2.19. The first-order valence-electron chi connectivity index (χ1n) is 4.20. The standard InChI is InChI=1S/C8H15NO3/c1-6(11)3-9-4-7(5-10)2-8(9)12/h6-7,10-11H,2-5H2,1H3. The summed E-state index contributed by atoms with van der Waals surface area (Å²) in [6, 6.07) is 0. The van der Waals surface area contributed by atoms with E-state index in [0.29, 0.717) is 19.5 Å². The molecule has 70 valence electrons. The smallest absolute Gasteiger partial charge is 0.223 e. The zero-order valence-electron chi connectivity index (χ0n) is 7.23. The van der Waals surface area contributed by atoms with Gasteiger partial charge in [-0.05, 0) is 6.92 Å². The van der Waals surface area contributed by atoms with E-state index >= 15 is 0 Å². The lowest BCUT2D eigenvalue weighted by Gasteiger charge is -2.17. The molecule has 0 saturated carbocycles. The first-order chi connectivity index (χ1) is 5.63.